The van der Waals surface area contributed by atoms with Crippen LogP contribution in [-0.2, 0) is 23.0 Å². The standard InChI is InChI=1S/C22H23N3O5S/c1-3-30-17-10-12-18(13-11-17)31(27,28)24-22-20(25-14-4-5-19(25)23-22)21(26)15-6-8-16(29-2)9-7-15/h6-13,24H,3-5,14H2,1-2H3. The summed E-state index contributed by atoms with van der Waals surface area (Å²) in [6.07, 6.45) is 1.55. The molecule has 1 aliphatic rings. The number of ether oxygens (including phenoxy) is 2. The van der Waals surface area contributed by atoms with Gasteiger partial charge in [-0.25, -0.2) is 13.4 Å². The summed E-state index contributed by atoms with van der Waals surface area (Å²) in [7, 11) is -2.39. The van der Waals surface area contributed by atoms with E-state index < -0.39 is 10.0 Å². The Kier molecular flexibility index (Phi) is 5.69. The molecule has 0 saturated heterocycles. The first-order valence-electron chi connectivity index (χ1n) is 9.96. The predicted molar refractivity (Wildman–Crippen MR) is 115 cm³/mol. The van der Waals surface area contributed by atoms with Crippen molar-refractivity contribution in [2.45, 2.75) is 31.2 Å². The third-order valence-corrected chi connectivity index (χ3v) is 6.43. The predicted octanol–water partition coefficient (Wildman–Crippen LogP) is 3.27. The molecule has 1 aromatic heterocycles. The molecule has 31 heavy (non-hydrogen) atoms. The van der Waals surface area contributed by atoms with Gasteiger partial charge in [-0.2, -0.15) is 0 Å². The lowest BCUT2D eigenvalue weighted by molar-refractivity contribution is 0.103. The normalized spacial score (nSPS) is 13.0. The smallest absolute Gasteiger partial charge is 0.263 e. The van der Waals surface area contributed by atoms with Crippen molar-refractivity contribution in [3.63, 3.8) is 0 Å². The molecule has 2 heterocycles. The van der Waals surface area contributed by atoms with Crippen molar-refractivity contribution in [1.29, 1.82) is 0 Å². The second-order valence-corrected chi connectivity index (χ2v) is 8.73. The number of aryl methyl sites for hydroxylation is 1. The Balaban J connectivity index is 1.68. The van der Waals surface area contributed by atoms with Crippen molar-refractivity contribution < 1.29 is 22.7 Å². The number of nitrogens with zero attached hydrogens (tertiary/aromatic N) is 2. The van der Waals surface area contributed by atoms with Crippen LogP contribution in [0.1, 0.15) is 35.2 Å². The van der Waals surface area contributed by atoms with Crippen molar-refractivity contribution in [2.75, 3.05) is 18.4 Å². The minimum absolute atomic E-state index is 0.0457. The van der Waals surface area contributed by atoms with Gasteiger partial charge in [0.05, 0.1) is 18.6 Å². The Hall–Kier alpha value is -3.33. The molecule has 0 fully saturated rings. The van der Waals surface area contributed by atoms with E-state index in [4.69, 9.17) is 9.47 Å². The molecule has 0 aliphatic carbocycles. The highest BCUT2D eigenvalue weighted by molar-refractivity contribution is 7.92. The number of ketones is 1. The fraction of sp³-hybridized carbons (Fsp3) is 0.273. The van der Waals surface area contributed by atoms with Crippen molar-refractivity contribution in [2.24, 2.45) is 0 Å². The van der Waals surface area contributed by atoms with Gasteiger partial charge in [0.25, 0.3) is 10.0 Å². The Bertz CT molecular complexity index is 1200. The van der Waals surface area contributed by atoms with Crippen molar-refractivity contribution >= 4 is 21.6 Å². The molecule has 4 rings (SSSR count). The maximum atomic E-state index is 13.3. The van der Waals surface area contributed by atoms with Crippen LogP contribution in [0.3, 0.4) is 0 Å². The molecule has 1 N–H and O–H groups in total. The zero-order valence-corrected chi connectivity index (χ0v) is 18.1. The summed E-state index contributed by atoms with van der Waals surface area (Å²) in [4.78, 5) is 17.8. The number of aromatic nitrogens is 2. The van der Waals surface area contributed by atoms with Gasteiger partial charge < -0.3 is 14.0 Å². The van der Waals surface area contributed by atoms with Gasteiger partial charge in [-0.05, 0) is 61.9 Å². The average Bonchev–Trinajstić information content (AvgIpc) is 3.34. The summed E-state index contributed by atoms with van der Waals surface area (Å²) in [6, 6.07) is 12.8. The summed E-state index contributed by atoms with van der Waals surface area (Å²) >= 11 is 0. The van der Waals surface area contributed by atoms with Crippen LogP contribution < -0.4 is 14.2 Å². The Morgan fingerprint density at radius 1 is 1.10 bits per heavy atom. The summed E-state index contributed by atoms with van der Waals surface area (Å²) in [5, 5.41) is 0. The summed E-state index contributed by atoms with van der Waals surface area (Å²) in [6.45, 7) is 2.96. The van der Waals surface area contributed by atoms with E-state index in [0.717, 1.165) is 6.42 Å². The summed E-state index contributed by atoms with van der Waals surface area (Å²) in [5.74, 6) is 1.66. The number of benzene rings is 2. The molecule has 0 amide bonds. The van der Waals surface area contributed by atoms with E-state index in [-0.39, 0.29) is 22.2 Å². The van der Waals surface area contributed by atoms with Crippen LogP contribution in [0.2, 0.25) is 0 Å². The number of rotatable bonds is 8. The van der Waals surface area contributed by atoms with Crippen LogP contribution in [0.25, 0.3) is 0 Å². The molecular formula is C22H23N3O5S. The van der Waals surface area contributed by atoms with Gasteiger partial charge in [0.2, 0.25) is 5.78 Å². The topological polar surface area (TPSA) is 99.5 Å². The number of imidazole rings is 1. The molecule has 0 bridgehead atoms. The number of fused-ring (bicyclic) bond motifs is 1. The first kappa shape index (κ1) is 20.9. The van der Waals surface area contributed by atoms with Crippen LogP contribution >= 0.6 is 0 Å². The lowest BCUT2D eigenvalue weighted by atomic mass is 10.1. The second kappa shape index (κ2) is 8.43. The molecule has 3 aromatic rings. The molecular weight excluding hydrogens is 418 g/mol. The second-order valence-electron chi connectivity index (χ2n) is 7.05. The zero-order chi connectivity index (χ0) is 22.0. The first-order chi connectivity index (χ1) is 14.9. The largest absolute Gasteiger partial charge is 0.497 e. The number of carbonyl (C=O) groups excluding carboxylic acids is 1. The van der Waals surface area contributed by atoms with Crippen LogP contribution in [0, 0.1) is 0 Å². The van der Waals surface area contributed by atoms with Crippen molar-refractivity contribution in [1.82, 2.24) is 9.55 Å². The van der Waals surface area contributed by atoms with Crippen LogP contribution in [0.5, 0.6) is 11.5 Å². The van der Waals surface area contributed by atoms with E-state index in [9.17, 15) is 13.2 Å². The molecule has 2 aromatic carbocycles. The molecule has 162 valence electrons. The number of carbonyl (C=O) groups is 1. The lowest BCUT2D eigenvalue weighted by Gasteiger charge is -2.11. The number of nitrogens with one attached hydrogen (secondary N) is 1. The van der Waals surface area contributed by atoms with E-state index in [1.165, 1.54) is 12.1 Å². The Morgan fingerprint density at radius 3 is 2.42 bits per heavy atom. The number of anilines is 1. The highest BCUT2D eigenvalue weighted by atomic mass is 32.2. The van der Waals surface area contributed by atoms with Gasteiger partial charge in [-0.3, -0.25) is 9.52 Å². The van der Waals surface area contributed by atoms with Gasteiger partial charge in [-0.15, -0.1) is 0 Å². The van der Waals surface area contributed by atoms with E-state index in [1.54, 1.807) is 48.1 Å². The summed E-state index contributed by atoms with van der Waals surface area (Å²) < 4.78 is 40.7. The van der Waals surface area contributed by atoms with Gasteiger partial charge in [0.1, 0.15) is 23.0 Å². The quantitative estimate of drug-likeness (QED) is 0.539. The maximum Gasteiger partial charge on any atom is 0.263 e. The average molecular weight is 442 g/mol. The van der Waals surface area contributed by atoms with Crippen molar-refractivity contribution in [3.8, 4) is 11.5 Å². The highest BCUT2D eigenvalue weighted by Gasteiger charge is 2.29. The maximum absolute atomic E-state index is 13.3. The van der Waals surface area contributed by atoms with E-state index >= 15 is 0 Å². The first-order valence-corrected chi connectivity index (χ1v) is 11.4. The fourth-order valence-electron chi connectivity index (χ4n) is 3.57. The highest BCUT2D eigenvalue weighted by Crippen LogP contribution is 2.29. The number of hydrogen-bond donors (Lipinski definition) is 1. The van der Waals surface area contributed by atoms with Gasteiger partial charge in [0, 0.05) is 18.5 Å². The van der Waals surface area contributed by atoms with Crippen LogP contribution in [-0.4, -0.2) is 37.5 Å². The monoisotopic (exact) mass is 441 g/mol. The number of hydrogen-bond acceptors (Lipinski definition) is 6. The SMILES string of the molecule is CCOc1ccc(S(=O)(=O)Nc2nc3n(c2C(=O)c2ccc(OC)cc2)CCC3)cc1. The number of methoxy groups -OCH3 is 1. The number of sulfonamides is 1. The van der Waals surface area contributed by atoms with E-state index in [0.29, 0.717) is 42.5 Å². The van der Waals surface area contributed by atoms with Crippen LogP contribution in [0.4, 0.5) is 5.82 Å². The molecule has 0 saturated carbocycles. The van der Waals surface area contributed by atoms with Crippen molar-refractivity contribution in [3.05, 3.63) is 65.6 Å². The molecule has 1 aliphatic heterocycles. The zero-order valence-electron chi connectivity index (χ0n) is 17.3. The molecule has 0 atom stereocenters. The van der Waals surface area contributed by atoms with Crippen LogP contribution in [0.15, 0.2) is 53.4 Å². The third kappa shape index (κ3) is 4.13. The molecule has 0 spiro atoms. The third-order valence-electron chi connectivity index (χ3n) is 5.07. The minimum atomic E-state index is -3.94. The Morgan fingerprint density at radius 2 is 1.77 bits per heavy atom. The minimum Gasteiger partial charge on any atom is -0.497 e. The summed E-state index contributed by atoms with van der Waals surface area (Å²) in [5.41, 5.74) is 0.670. The molecule has 8 nitrogen and oxygen atoms in total. The molecule has 9 heteroatoms. The van der Waals surface area contributed by atoms with Gasteiger partial charge in [0.15, 0.2) is 5.82 Å². The van der Waals surface area contributed by atoms with Gasteiger partial charge >= 0.3 is 0 Å². The lowest BCUT2D eigenvalue weighted by Crippen LogP contribution is -2.17. The van der Waals surface area contributed by atoms with E-state index in [2.05, 4.69) is 9.71 Å². The van der Waals surface area contributed by atoms with E-state index in [1.807, 2.05) is 6.92 Å². The molecule has 0 unspecified atom stereocenters. The molecule has 0 radical (unpaired) electrons. The van der Waals surface area contributed by atoms with Gasteiger partial charge in [-0.1, -0.05) is 0 Å². The Labute approximate surface area is 180 Å². The fourth-order valence-corrected chi connectivity index (χ4v) is 4.58.